The van der Waals surface area contributed by atoms with Crippen LogP contribution < -0.4 is 10.0 Å². The number of aromatic nitrogens is 1. The SMILES string of the molecule is Cc1ncccc1NS(=O)(=O)c1ccsc1CNC1CC1. The lowest BCUT2D eigenvalue weighted by molar-refractivity contribution is 0.599. The van der Waals surface area contributed by atoms with Crippen molar-refractivity contribution in [2.75, 3.05) is 4.72 Å². The van der Waals surface area contributed by atoms with Gasteiger partial charge in [0, 0.05) is 23.7 Å². The fourth-order valence-corrected chi connectivity index (χ4v) is 4.53. The largest absolute Gasteiger partial charge is 0.309 e. The van der Waals surface area contributed by atoms with Crippen LogP contribution >= 0.6 is 11.3 Å². The van der Waals surface area contributed by atoms with Gasteiger partial charge in [0.15, 0.2) is 0 Å². The third-order valence-corrected chi connectivity index (χ3v) is 5.87. The molecule has 2 aromatic heterocycles. The van der Waals surface area contributed by atoms with Gasteiger partial charge in [-0.05, 0) is 43.3 Å². The van der Waals surface area contributed by atoms with Crippen molar-refractivity contribution >= 4 is 27.0 Å². The normalized spacial score (nSPS) is 15.1. The summed E-state index contributed by atoms with van der Waals surface area (Å²) in [5, 5.41) is 5.17. The van der Waals surface area contributed by atoms with Crippen molar-refractivity contribution in [2.24, 2.45) is 0 Å². The molecule has 0 aromatic carbocycles. The van der Waals surface area contributed by atoms with E-state index in [-0.39, 0.29) is 0 Å². The number of anilines is 1. The topological polar surface area (TPSA) is 71.1 Å². The number of pyridine rings is 1. The molecule has 0 saturated heterocycles. The van der Waals surface area contributed by atoms with E-state index in [2.05, 4.69) is 15.0 Å². The maximum absolute atomic E-state index is 12.5. The molecule has 3 rings (SSSR count). The molecule has 0 bridgehead atoms. The molecule has 1 fully saturated rings. The van der Waals surface area contributed by atoms with Crippen LogP contribution in [0.2, 0.25) is 0 Å². The van der Waals surface area contributed by atoms with Gasteiger partial charge < -0.3 is 5.32 Å². The van der Waals surface area contributed by atoms with Gasteiger partial charge >= 0.3 is 0 Å². The van der Waals surface area contributed by atoms with Crippen molar-refractivity contribution in [1.82, 2.24) is 10.3 Å². The minimum Gasteiger partial charge on any atom is -0.309 e. The highest BCUT2D eigenvalue weighted by Gasteiger charge is 2.24. The molecule has 112 valence electrons. The van der Waals surface area contributed by atoms with Crippen molar-refractivity contribution in [3.05, 3.63) is 40.3 Å². The summed E-state index contributed by atoms with van der Waals surface area (Å²) in [6.07, 6.45) is 4.00. The lowest BCUT2D eigenvalue weighted by Gasteiger charge is -2.10. The molecule has 0 unspecified atom stereocenters. The average Bonchev–Trinajstić information content (AvgIpc) is 3.15. The predicted octanol–water partition coefficient (Wildman–Crippen LogP) is 2.50. The van der Waals surface area contributed by atoms with Crippen LogP contribution in [0.15, 0.2) is 34.7 Å². The predicted molar refractivity (Wildman–Crippen MR) is 84.0 cm³/mol. The number of aryl methyl sites for hydroxylation is 1. The zero-order chi connectivity index (χ0) is 14.9. The van der Waals surface area contributed by atoms with Crippen molar-refractivity contribution < 1.29 is 8.42 Å². The number of nitrogens with one attached hydrogen (secondary N) is 2. The Morgan fingerprint density at radius 1 is 1.38 bits per heavy atom. The van der Waals surface area contributed by atoms with Gasteiger partial charge in [-0.15, -0.1) is 11.3 Å². The second-order valence-electron chi connectivity index (χ2n) is 5.11. The van der Waals surface area contributed by atoms with E-state index in [1.165, 1.54) is 24.2 Å². The van der Waals surface area contributed by atoms with Crippen LogP contribution in [0, 0.1) is 6.92 Å². The molecule has 1 aliphatic rings. The first-order valence-corrected chi connectivity index (χ1v) is 9.17. The molecule has 0 aliphatic heterocycles. The molecule has 2 heterocycles. The highest BCUT2D eigenvalue weighted by atomic mass is 32.2. The maximum Gasteiger partial charge on any atom is 0.263 e. The molecule has 2 aromatic rings. The standard InChI is InChI=1S/C14H17N3O2S2/c1-10-12(3-2-7-15-10)17-21(18,19)14-6-8-20-13(14)9-16-11-4-5-11/h2-3,6-8,11,16-17H,4-5,9H2,1H3. The maximum atomic E-state index is 12.5. The Hall–Kier alpha value is -1.44. The Labute approximate surface area is 128 Å². The van der Waals surface area contributed by atoms with E-state index < -0.39 is 10.0 Å². The van der Waals surface area contributed by atoms with E-state index >= 15 is 0 Å². The van der Waals surface area contributed by atoms with Crippen molar-refractivity contribution in [1.29, 1.82) is 0 Å². The van der Waals surface area contributed by atoms with E-state index in [0.717, 1.165) is 4.88 Å². The highest BCUT2D eigenvalue weighted by Crippen LogP contribution is 2.26. The number of hydrogen-bond acceptors (Lipinski definition) is 5. The number of nitrogens with zero attached hydrogens (tertiary/aromatic N) is 1. The fourth-order valence-electron chi connectivity index (χ4n) is 2.01. The van der Waals surface area contributed by atoms with E-state index in [0.29, 0.717) is 28.9 Å². The number of rotatable bonds is 6. The number of hydrogen-bond donors (Lipinski definition) is 2. The van der Waals surface area contributed by atoms with E-state index in [1.807, 2.05) is 5.38 Å². The van der Waals surface area contributed by atoms with Crippen LogP contribution in [-0.4, -0.2) is 19.4 Å². The van der Waals surface area contributed by atoms with Gasteiger partial charge in [-0.1, -0.05) is 0 Å². The third kappa shape index (κ3) is 3.42. The minimum absolute atomic E-state index is 0.351. The molecule has 1 saturated carbocycles. The Kier molecular flexibility index (Phi) is 3.97. The first-order valence-electron chi connectivity index (χ1n) is 6.80. The summed E-state index contributed by atoms with van der Waals surface area (Å²) >= 11 is 1.46. The minimum atomic E-state index is -3.57. The van der Waals surface area contributed by atoms with Gasteiger partial charge in [-0.3, -0.25) is 9.71 Å². The van der Waals surface area contributed by atoms with E-state index in [9.17, 15) is 8.42 Å². The first-order chi connectivity index (χ1) is 10.1. The molecule has 7 heteroatoms. The molecule has 5 nitrogen and oxygen atoms in total. The zero-order valence-corrected chi connectivity index (χ0v) is 13.3. The molecule has 0 radical (unpaired) electrons. The quantitative estimate of drug-likeness (QED) is 0.857. The Bertz CT molecular complexity index is 736. The monoisotopic (exact) mass is 323 g/mol. The Morgan fingerprint density at radius 3 is 2.90 bits per heavy atom. The fraction of sp³-hybridized carbons (Fsp3) is 0.357. The molecule has 1 aliphatic carbocycles. The summed E-state index contributed by atoms with van der Waals surface area (Å²) in [7, 11) is -3.57. The Morgan fingerprint density at radius 2 is 2.19 bits per heavy atom. The van der Waals surface area contributed by atoms with Crippen molar-refractivity contribution in [2.45, 2.75) is 37.2 Å². The van der Waals surface area contributed by atoms with Gasteiger partial charge in [0.05, 0.1) is 11.4 Å². The molecule has 0 amide bonds. The lowest BCUT2D eigenvalue weighted by atomic mass is 10.3. The highest BCUT2D eigenvalue weighted by molar-refractivity contribution is 7.93. The number of thiophene rings is 1. The average molecular weight is 323 g/mol. The summed E-state index contributed by atoms with van der Waals surface area (Å²) in [5.41, 5.74) is 1.18. The van der Waals surface area contributed by atoms with Crippen molar-refractivity contribution in [3.8, 4) is 0 Å². The number of sulfonamides is 1. The van der Waals surface area contributed by atoms with Gasteiger partial charge in [-0.25, -0.2) is 8.42 Å². The summed E-state index contributed by atoms with van der Waals surface area (Å²) in [4.78, 5) is 5.29. The van der Waals surface area contributed by atoms with E-state index in [4.69, 9.17) is 0 Å². The van der Waals surface area contributed by atoms with Crippen LogP contribution in [0.25, 0.3) is 0 Å². The summed E-state index contributed by atoms with van der Waals surface area (Å²) in [6, 6.07) is 5.64. The van der Waals surface area contributed by atoms with Crippen LogP contribution in [0.1, 0.15) is 23.4 Å². The second kappa shape index (κ2) is 5.75. The molecular weight excluding hydrogens is 306 g/mol. The summed E-state index contributed by atoms with van der Waals surface area (Å²) < 4.78 is 27.7. The molecule has 0 atom stereocenters. The zero-order valence-electron chi connectivity index (χ0n) is 11.7. The molecule has 21 heavy (non-hydrogen) atoms. The Balaban J connectivity index is 1.81. The van der Waals surface area contributed by atoms with Gasteiger partial charge in [0.25, 0.3) is 10.0 Å². The summed E-state index contributed by atoms with van der Waals surface area (Å²) in [6.45, 7) is 2.38. The van der Waals surface area contributed by atoms with Crippen LogP contribution in [-0.2, 0) is 16.6 Å². The van der Waals surface area contributed by atoms with E-state index in [1.54, 1.807) is 31.3 Å². The summed E-state index contributed by atoms with van der Waals surface area (Å²) in [5.74, 6) is 0. The second-order valence-corrected chi connectivity index (χ2v) is 7.76. The van der Waals surface area contributed by atoms with Crippen LogP contribution in [0.4, 0.5) is 5.69 Å². The first kappa shape index (κ1) is 14.5. The smallest absolute Gasteiger partial charge is 0.263 e. The lowest BCUT2D eigenvalue weighted by Crippen LogP contribution is -2.19. The molecule has 0 spiro atoms. The van der Waals surface area contributed by atoms with Crippen LogP contribution in [0.3, 0.4) is 0 Å². The van der Waals surface area contributed by atoms with Crippen molar-refractivity contribution in [3.63, 3.8) is 0 Å². The van der Waals surface area contributed by atoms with Crippen LogP contribution in [0.5, 0.6) is 0 Å². The van der Waals surface area contributed by atoms with Gasteiger partial charge in [0.1, 0.15) is 4.90 Å². The van der Waals surface area contributed by atoms with Gasteiger partial charge in [0.2, 0.25) is 0 Å². The third-order valence-electron chi connectivity index (χ3n) is 3.37. The molecule has 2 N–H and O–H groups in total. The van der Waals surface area contributed by atoms with Gasteiger partial charge in [-0.2, -0.15) is 0 Å². The molecular formula is C14H17N3O2S2.